The highest BCUT2D eigenvalue weighted by molar-refractivity contribution is 7.09. The van der Waals surface area contributed by atoms with Crippen molar-refractivity contribution >= 4 is 11.3 Å². The average molecular weight is 290 g/mol. The molecule has 0 atom stereocenters. The van der Waals surface area contributed by atoms with Gasteiger partial charge in [-0.05, 0) is 0 Å². The highest BCUT2D eigenvalue weighted by atomic mass is 32.1. The quantitative estimate of drug-likeness (QED) is 0.777. The van der Waals surface area contributed by atoms with Gasteiger partial charge in [-0.2, -0.15) is 4.98 Å². The molecule has 2 rings (SSSR count). The molecule has 2 aromatic heterocycles. The number of rotatable bonds is 7. The van der Waals surface area contributed by atoms with E-state index in [1.165, 1.54) is 11.3 Å². The maximum absolute atomic E-state index is 11.8. The van der Waals surface area contributed by atoms with Crippen molar-refractivity contribution in [3.63, 3.8) is 0 Å². The normalized spacial score (nSPS) is 11.4. The van der Waals surface area contributed by atoms with E-state index in [0.717, 1.165) is 5.01 Å². The topological polar surface area (TPSA) is 87.1 Å². The van der Waals surface area contributed by atoms with Crippen LogP contribution in [0.2, 0.25) is 0 Å². The number of thiazole rings is 1. The predicted molar refractivity (Wildman–Crippen MR) is 63.8 cm³/mol. The zero-order valence-electron chi connectivity index (χ0n) is 9.88. The molecule has 0 radical (unpaired) electrons. The summed E-state index contributed by atoms with van der Waals surface area (Å²) in [6.45, 7) is -0.113. The minimum absolute atomic E-state index is 0.119. The largest absolute Gasteiger partial charge is 0.375 e. The molecule has 0 amide bonds. The van der Waals surface area contributed by atoms with E-state index < -0.39 is 13.0 Å². The molecular formula is C10H12F2N4O2S. The Kier molecular flexibility index (Phi) is 4.88. The van der Waals surface area contributed by atoms with E-state index in [0.29, 0.717) is 30.4 Å². The van der Waals surface area contributed by atoms with Crippen molar-refractivity contribution in [2.75, 3.05) is 13.2 Å². The van der Waals surface area contributed by atoms with Gasteiger partial charge in [-0.3, -0.25) is 0 Å². The van der Waals surface area contributed by atoms with Crippen molar-refractivity contribution in [2.45, 2.75) is 19.4 Å². The van der Waals surface area contributed by atoms with Crippen LogP contribution in [-0.2, 0) is 17.7 Å². The molecule has 0 aliphatic rings. The van der Waals surface area contributed by atoms with E-state index in [1.807, 2.05) is 0 Å². The molecule has 6 nitrogen and oxygen atoms in total. The lowest BCUT2D eigenvalue weighted by Gasteiger charge is -1.99. The van der Waals surface area contributed by atoms with Crippen LogP contribution in [0.4, 0.5) is 8.78 Å². The molecule has 104 valence electrons. The fourth-order valence-corrected chi connectivity index (χ4v) is 1.95. The van der Waals surface area contributed by atoms with E-state index in [-0.39, 0.29) is 6.61 Å². The van der Waals surface area contributed by atoms with Crippen LogP contribution in [0.5, 0.6) is 0 Å². The second kappa shape index (κ2) is 6.64. The van der Waals surface area contributed by atoms with Gasteiger partial charge in [0.25, 0.3) is 12.3 Å². The van der Waals surface area contributed by atoms with Crippen LogP contribution in [0.25, 0.3) is 11.6 Å². The van der Waals surface area contributed by atoms with E-state index in [4.69, 9.17) is 15.0 Å². The number of halogens is 2. The SMILES string of the molecule is NCc1nc(-c2nc(CCOCC(F)F)no2)cs1. The van der Waals surface area contributed by atoms with Crippen molar-refractivity contribution in [3.05, 3.63) is 16.2 Å². The molecule has 0 bridgehead atoms. The second-order valence-corrected chi connectivity index (χ2v) is 4.51. The van der Waals surface area contributed by atoms with Gasteiger partial charge in [0.15, 0.2) is 5.82 Å². The fourth-order valence-electron chi connectivity index (χ4n) is 1.30. The standard InChI is InChI=1S/C10H12F2N4O2S/c11-7(12)4-17-2-1-8-15-10(18-16-8)6-5-19-9(3-13)14-6/h5,7H,1-4,13H2. The predicted octanol–water partition coefficient (Wildman–Crippen LogP) is 1.48. The summed E-state index contributed by atoms with van der Waals surface area (Å²) in [4.78, 5) is 8.30. The first-order valence-corrected chi connectivity index (χ1v) is 6.40. The smallest absolute Gasteiger partial charge is 0.277 e. The van der Waals surface area contributed by atoms with Crippen molar-refractivity contribution in [1.29, 1.82) is 0 Å². The van der Waals surface area contributed by atoms with Gasteiger partial charge in [0, 0.05) is 18.3 Å². The van der Waals surface area contributed by atoms with Crippen LogP contribution in [0.15, 0.2) is 9.90 Å². The molecule has 0 unspecified atom stereocenters. The number of nitrogens with two attached hydrogens (primary N) is 1. The third-order valence-corrected chi connectivity index (χ3v) is 3.00. The average Bonchev–Trinajstić information content (AvgIpc) is 3.02. The number of ether oxygens (including phenoxy) is 1. The summed E-state index contributed by atoms with van der Waals surface area (Å²) in [5.74, 6) is 0.686. The lowest BCUT2D eigenvalue weighted by molar-refractivity contribution is 0.0182. The van der Waals surface area contributed by atoms with Crippen LogP contribution < -0.4 is 5.73 Å². The number of nitrogens with zero attached hydrogens (tertiary/aromatic N) is 3. The Morgan fingerprint density at radius 1 is 1.42 bits per heavy atom. The van der Waals surface area contributed by atoms with Crippen LogP contribution in [-0.4, -0.2) is 34.8 Å². The van der Waals surface area contributed by atoms with Crippen molar-refractivity contribution < 1.29 is 18.0 Å². The summed E-state index contributed by atoms with van der Waals surface area (Å²) in [5, 5.41) is 6.27. The first-order valence-electron chi connectivity index (χ1n) is 5.52. The van der Waals surface area contributed by atoms with E-state index >= 15 is 0 Å². The molecule has 0 aliphatic heterocycles. The van der Waals surface area contributed by atoms with Crippen LogP contribution >= 0.6 is 11.3 Å². The van der Waals surface area contributed by atoms with Crippen LogP contribution in [0, 0.1) is 0 Å². The molecule has 0 fully saturated rings. The summed E-state index contributed by atoms with van der Waals surface area (Å²) in [6.07, 6.45) is -2.16. The summed E-state index contributed by atoms with van der Waals surface area (Å²) in [7, 11) is 0. The van der Waals surface area contributed by atoms with Gasteiger partial charge in [-0.25, -0.2) is 13.8 Å². The van der Waals surface area contributed by atoms with Gasteiger partial charge >= 0.3 is 0 Å². The van der Waals surface area contributed by atoms with E-state index in [1.54, 1.807) is 5.38 Å². The zero-order chi connectivity index (χ0) is 13.7. The first-order chi connectivity index (χ1) is 9.19. The Balaban J connectivity index is 1.88. The Hall–Kier alpha value is -1.45. The molecule has 0 saturated carbocycles. The lowest BCUT2D eigenvalue weighted by atomic mass is 10.4. The van der Waals surface area contributed by atoms with Crippen LogP contribution in [0.1, 0.15) is 10.8 Å². The third kappa shape index (κ3) is 4.01. The Bertz CT molecular complexity index is 517. The highest BCUT2D eigenvalue weighted by Crippen LogP contribution is 2.19. The van der Waals surface area contributed by atoms with Gasteiger partial charge in [0.1, 0.15) is 17.3 Å². The summed E-state index contributed by atoms with van der Waals surface area (Å²) >= 11 is 1.41. The molecular weight excluding hydrogens is 278 g/mol. The van der Waals surface area contributed by atoms with Gasteiger partial charge in [-0.15, -0.1) is 11.3 Å². The Labute approximate surface area is 111 Å². The minimum atomic E-state index is -2.47. The summed E-state index contributed by atoms with van der Waals surface area (Å²) in [5.41, 5.74) is 6.02. The summed E-state index contributed by atoms with van der Waals surface area (Å²) in [6, 6.07) is 0. The van der Waals surface area contributed by atoms with Crippen molar-refractivity contribution in [3.8, 4) is 11.6 Å². The lowest BCUT2D eigenvalue weighted by Crippen LogP contribution is -2.07. The van der Waals surface area contributed by atoms with Gasteiger partial charge < -0.3 is 15.0 Å². The number of aromatic nitrogens is 3. The third-order valence-electron chi connectivity index (χ3n) is 2.13. The van der Waals surface area contributed by atoms with E-state index in [9.17, 15) is 8.78 Å². The monoisotopic (exact) mass is 290 g/mol. The first kappa shape index (κ1) is 14.0. The number of alkyl halides is 2. The van der Waals surface area contributed by atoms with Crippen molar-refractivity contribution in [2.24, 2.45) is 5.73 Å². The second-order valence-electron chi connectivity index (χ2n) is 3.56. The van der Waals surface area contributed by atoms with Crippen molar-refractivity contribution in [1.82, 2.24) is 15.1 Å². The molecule has 19 heavy (non-hydrogen) atoms. The molecule has 9 heteroatoms. The molecule has 2 heterocycles. The van der Waals surface area contributed by atoms with Crippen LogP contribution in [0.3, 0.4) is 0 Å². The molecule has 0 aliphatic carbocycles. The van der Waals surface area contributed by atoms with Gasteiger partial charge in [-0.1, -0.05) is 5.16 Å². The molecule has 2 aromatic rings. The zero-order valence-corrected chi connectivity index (χ0v) is 10.7. The number of hydrogen-bond donors (Lipinski definition) is 1. The Morgan fingerprint density at radius 2 is 2.26 bits per heavy atom. The molecule has 0 spiro atoms. The summed E-state index contributed by atoms with van der Waals surface area (Å²) < 4.78 is 33.4. The maximum atomic E-state index is 11.8. The van der Waals surface area contributed by atoms with E-state index in [2.05, 4.69) is 15.1 Å². The number of hydrogen-bond acceptors (Lipinski definition) is 7. The minimum Gasteiger partial charge on any atom is -0.375 e. The molecule has 0 aromatic carbocycles. The van der Waals surface area contributed by atoms with Gasteiger partial charge in [0.2, 0.25) is 0 Å². The maximum Gasteiger partial charge on any atom is 0.277 e. The Morgan fingerprint density at radius 3 is 2.95 bits per heavy atom. The highest BCUT2D eigenvalue weighted by Gasteiger charge is 2.12. The fraction of sp³-hybridized carbons (Fsp3) is 0.500. The van der Waals surface area contributed by atoms with Gasteiger partial charge in [0.05, 0.1) is 6.61 Å². The molecule has 2 N–H and O–H groups in total. The molecule has 0 saturated heterocycles.